The number of rotatable bonds is 3. The maximum Gasteiger partial charge on any atom is 0.125 e. The Labute approximate surface area is 133 Å². The van der Waals surface area contributed by atoms with Gasteiger partial charge < -0.3 is 10.2 Å². The number of nitrogens with one attached hydrogen (secondary N) is 1. The summed E-state index contributed by atoms with van der Waals surface area (Å²) < 4.78 is 14.1. The Hall–Kier alpha value is -0.320. The second kappa shape index (κ2) is 6.63. The molecule has 0 spiro atoms. The number of hydrogen-bond acceptors (Lipinski definition) is 2. The van der Waals surface area contributed by atoms with Crippen LogP contribution in [-0.4, -0.2) is 25.2 Å². The van der Waals surface area contributed by atoms with Gasteiger partial charge in [0, 0.05) is 29.6 Å². The van der Waals surface area contributed by atoms with Gasteiger partial charge in [0.2, 0.25) is 0 Å². The van der Waals surface area contributed by atoms with E-state index in [1.165, 1.54) is 12.1 Å². The van der Waals surface area contributed by atoms with Crippen molar-refractivity contribution in [1.82, 2.24) is 5.32 Å². The van der Waals surface area contributed by atoms with Crippen LogP contribution in [0.4, 0.5) is 10.1 Å². The number of halogens is 3. The molecule has 20 heavy (non-hydrogen) atoms. The summed E-state index contributed by atoms with van der Waals surface area (Å²) in [7, 11) is 0. The fourth-order valence-electron chi connectivity index (χ4n) is 2.72. The van der Waals surface area contributed by atoms with Crippen LogP contribution in [0.15, 0.2) is 16.6 Å². The second-order valence-electron chi connectivity index (χ2n) is 5.69. The van der Waals surface area contributed by atoms with Gasteiger partial charge in [-0.05, 0) is 40.4 Å². The third kappa shape index (κ3) is 3.29. The van der Waals surface area contributed by atoms with Crippen LogP contribution in [0.25, 0.3) is 0 Å². The Kier molecular flexibility index (Phi) is 5.32. The Bertz CT molecular complexity index is 458. The summed E-state index contributed by atoms with van der Waals surface area (Å²) in [5, 5.41) is 4.07. The molecule has 0 bridgehead atoms. The molecule has 1 fully saturated rings. The minimum atomic E-state index is -0.311. The fourth-order valence-corrected chi connectivity index (χ4v) is 3.81. The Morgan fingerprint density at radius 1 is 1.50 bits per heavy atom. The topological polar surface area (TPSA) is 15.3 Å². The second-order valence-corrected chi connectivity index (χ2v) is 6.95. The molecule has 1 saturated heterocycles. The monoisotopic (exact) mass is 362 g/mol. The van der Waals surface area contributed by atoms with E-state index in [9.17, 15) is 4.39 Å². The first kappa shape index (κ1) is 16.1. The third-order valence-electron chi connectivity index (χ3n) is 3.99. The Morgan fingerprint density at radius 3 is 2.75 bits per heavy atom. The van der Waals surface area contributed by atoms with Gasteiger partial charge in [-0.3, -0.25) is 0 Å². The molecule has 0 radical (unpaired) electrons. The number of hydrogen-bond donors (Lipinski definition) is 1. The van der Waals surface area contributed by atoms with E-state index in [1.807, 2.05) is 0 Å². The van der Waals surface area contributed by atoms with E-state index in [2.05, 4.69) is 46.9 Å². The highest BCUT2D eigenvalue weighted by Crippen LogP contribution is 2.37. The van der Waals surface area contributed by atoms with Crippen LogP contribution in [0.2, 0.25) is 5.02 Å². The summed E-state index contributed by atoms with van der Waals surface area (Å²) in [4.78, 5) is 2.31. The molecule has 0 aliphatic carbocycles. The summed E-state index contributed by atoms with van der Waals surface area (Å²) in [5.74, 6) is 0.238. The lowest BCUT2D eigenvalue weighted by atomic mass is 9.98. The highest BCUT2D eigenvalue weighted by atomic mass is 79.9. The lowest BCUT2D eigenvalue weighted by Crippen LogP contribution is -2.58. The molecule has 1 aliphatic heterocycles. The maximum atomic E-state index is 13.4. The predicted octanol–water partition coefficient (Wildman–Crippen LogP) is 4.45. The van der Waals surface area contributed by atoms with Crippen LogP contribution in [-0.2, 0) is 0 Å². The molecule has 1 N–H and O–H groups in total. The van der Waals surface area contributed by atoms with Crippen LogP contribution in [0.5, 0.6) is 0 Å². The lowest BCUT2D eigenvalue weighted by molar-refractivity contribution is 0.325. The molecule has 2 rings (SSSR count). The predicted molar refractivity (Wildman–Crippen MR) is 87.2 cm³/mol. The van der Waals surface area contributed by atoms with Crippen molar-refractivity contribution in [3.63, 3.8) is 0 Å². The molecular formula is C15H21BrClFN2. The molecule has 0 saturated carbocycles. The first-order chi connectivity index (χ1) is 9.43. The average Bonchev–Trinajstić information content (AvgIpc) is 2.37. The molecule has 1 heterocycles. The van der Waals surface area contributed by atoms with Crippen LogP contribution in [0.3, 0.4) is 0 Å². The Balaban J connectivity index is 2.36. The highest BCUT2D eigenvalue weighted by Gasteiger charge is 2.30. The minimum absolute atomic E-state index is 0.311. The summed E-state index contributed by atoms with van der Waals surface area (Å²) in [5.41, 5.74) is 0.909. The van der Waals surface area contributed by atoms with Gasteiger partial charge in [0.25, 0.3) is 0 Å². The van der Waals surface area contributed by atoms with Crippen molar-refractivity contribution in [3.8, 4) is 0 Å². The van der Waals surface area contributed by atoms with Gasteiger partial charge in [0.05, 0.1) is 10.7 Å². The van der Waals surface area contributed by atoms with Crippen molar-refractivity contribution in [2.24, 2.45) is 5.92 Å². The van der Waals surface area contributed by atoms with Crippen LogP contribution < -0.4 is 10.2 Å². The van der Waals surface area contributed by atoms with Gasteiger partial charge in [0.15, 0.2) is 0 Å². The third-order valence-corrected chi connectivity index (χ3v) is 4.89. The van der Waals surface area contributed by atoms with E-state index in [1.54, 1.807) is 0 Å². The lowest BCUT2D eigenvalue weighted by Gasteiger charge is -2.43. The zero-order valence-electron chi connectivity index (χ0n) is 12.1. The van der Waals surface area contributed by atoms with Crippen LogP contribution in [0.1, 0.15) is 27.2 Å². The van der Waals surface area contributed by atoms with Gasteiger partial charge in [-0.25, -0.2) is 4.39 Å². The summed E-state index contributed by atoms with van der Waals surface area (Å²) >= 11 is 9.75. The summed E-state index contributed by atoms with van der Waals surface area (Å²) in [6, 6.07) is 3.68. The van der Waals surface area contributed by atoms with Crippen molar-refractivity contribution in [2.45, 2.75) is 39.3 Å². The van der Waals surface area contributed by atoms with E-state index in [0.29, 0.717) is 23.0 Å². The van der Waals surface area contributed by atoms with Crippen molar-refractivity contribution >= 4 is 33.2 Å². The molecule has 112 valence electrons. The van der Waals surface area contributed by atoms with E-state index < -0.39 is 0 Å². The van der Waals surface area contributed by atoms with Crippen molar-refractivity contribution < 1.29 is 4.39 Å². The van der Waals surface area contributed by atoms with Gasteiger partial charge in [-0.1, -0.05) is 32.4 Å². The molecule has 1 aromatic carbocycles. The molecular weight excluding hydrogens is 343 g/mol. The van der Waals surface area contributed by atoms with E-state index >= 15 is 0 Å². The van der Waals surface area contributed by atoms with E-state index in [0.717, 1.165) is 29.7 Å². The number of piperazine rings is 1. The van der Waals surface area contributed by atoms with E-state index in [-0.39, 0.29) is 5.82 Å². The van der Waals surface area contributed by atoms with Crippen LogP contribution in [0, 0.1) is 11.7 Å². The van der Waals surface area contributed by atoms with Crippen molar-refractivity contribution in [1.29, 1.82) is 0 Å². The number of nitrogens with zero attached hydrogens (tertiary/aromatic N) is 1. The van der Waals surface area contributed by atoms with Crippen LogP contribution >= 0.6 is 27.5 Å². The molecule has 1 aromatic rings. The minimum Gasteiger partial charge on any atom is -0.364 e. The molecule has 0 aromatic heterocycles. The average molecular weight is 364 g/mol. The number of benzene rings is 1. The summed E-state index contributed by atoms with van der Waals surface area (Å²) in [6.45, 7) is 8.41. The SMILES string of the molecule is CCC1CNC(C(C)C)CN1c1c(Cl)cc(F)cc1Br. The fraction of sp³-hybridized carbons (Fsp3) is 0.600. The van der Waals surface area contributed by atoms with Crippen molar-refractivity contribution in [3.05, 3.63) is 27.4 Å². The van der Waals surface area contributed by atoms with Crippen molar-refractivity contribution in [2.75, 3.05) is 18.0 Å². The molecule has 2 nitrogen and oxygen atoms in total. The van der Waals surface area contributed by atoms with Gasteiger partial charge in [-0.15, -0.1) is 0 Å². The smallest absolute Gasteiger partial charge is 0.125 e. The molecule has 2 unspecified atom stereocenters. The molecule has 0 amide bonds. The molecule has 2 atom stereocenters. The first-order valence-electron chi connectivity index (χ1n) is 7.08. The van der Waals surface area contributed by atoms with Gasteiger partial charge >= 0.3 is 0 Å². The first-order valence-corrected chi connectivity index (χ1v) is 8.25. The standard InChI is InChI=1S/C15H21BrClFN2/c1-4-11-7-19-14(9(2)3)8-20(11)15-12(16)5-10(18)6-13(15)17/h5-6,9,11,14,19H,4,7-8H2,1-3H3. The quantitative estimate of drug-likeness (QED) is 0.853. The number of anilines is 1. The molecule has 1 aliphatic rings. The maximum absolute atomic E-state index is 13.4. The largest absolute Gasteiger partial charge is 0.364 e. The highest BCUT2D eigenvalue weighted by molar-refractivity contribution is 9.10. The normalized spacial score (nSPS) is 23.4. The summed E-state index contributed by atoms with van der Waals surface area (Å²) in [6.07, 6.45) is 1.03. The van der Waals surface area contributed by atoms with E-state index in [4.69, 9.17) is 11.6 Å². The molecule has 5 heteroatoms. The van der Waals surface area contributed by atoms with Gasteiger partial charge in [-0.2, -0.15) is 0 Å². The zero-order valence-corrected chi connectivity index (χ0v) is 14.4. The Morgan fingerprint density at radius 2 is 2.20 bits per heavy atom. The van der Waals surface area contributed by atoms with Gasteiger partial charge in [0.1, 0.15) is 5.82 Å². The zero-order chi connectivity index (χ0) is 14.9.